The Hall–Kier alpha value is -1.28. The number of nitrogens with zero attached hydrogens (tertiary/aromatic N) is 2. The molecule has 0 spiro atoms. The van der Waals surface area contributed by atoms with Gasteiger partial charge in [-0.3, -0.25) is 10.1 Å². The van der Waals surface area contributed by atoms with Gasteiger partial charge in [0.2, 0.25) is 5.69 Å². The van der Waals surface area contributed by atoms with E-state index in [0.717, 1.165) is 93.1 Å². The molecule has 55 heavy (non-hydrogen) atoms. The van der Waals surface area contributed by atoms with Gasteiger partial charge in [0.1, 0.15) is 6.54 Å². The van der Waals surface area contributed by atoms with Crippen molar-refractivity contribution < 1.29 is 106 Å². The summed E-state index contributed by atoms with van der Waals surface area (Å²) < 4.78 is 45.3. The minimum Gasteiger partial charge on any atom is -0.748 e. The predicted octanol–water partition coefficient (Wildman–Crippen LogP) is 0.782. The molecule has 0 aliphatic carbocycles. The Morgan fingerprint density at radius 3 is 2.40 bits per heavy atom. The molecule has 284 valence electrons. The van der Waals surface area contributed by atoms with Crippen LogP contribution in [0.3, 0.4) is 0 Å². The van der Waals surface area contributed by atoms with Gasteiger partial charge in [0.05, 0.1) is 27.6 Å². The topological polar surface area (TPSA) is 146 Å². The van der Waals surface area contributed by atoms with E-state index in [4.69, 9.17) is 0 Å². The van der Waals surface area contributed by atoms with Crippen molar-refractivity contribution in [1.29, 1.82) is 0 Å². The van der Waals surface area contributed by atoms with E-state index >= 15 is 0 Å². The minimum atomic E-state index is -4.30. The maximum absolute atomic E-state index is 11.3. The van der Waals surface area contributed by atoms with Crippen LogP contribution >= 0.6 is 24.1 Å². The smallest absolute Gasteiger partial charge is 0.748 e. The van der Waals surface area contributed by atoms with Crippen molar-refractivity contribution in [2.75, 3.05) is 29.5 Å². The van der Waals surface area contributed by atoms with Gasteiger partial charge in [0.15, 0.2) is 5.71 Å². The van der Waals surface area contributed by atoms with Crippen LogP contribution in [0.25, 0.3) is 10.8 Å². The van der Waals surface area contributed by atoms with Gasteiger partial charge in [-0.05, 0) is 80.3 Å². The molecule has 0 atom stereocenters. The second-order valence-electron chi connectivity index (χ2n) is 14.0. The number of benzene rings is 3. The van der Waals surface area contributed by atoms with Crippen molar-refractivity contribution in [2.45, 2.75) is 69.6 Å². The van der Waals surface area contributed by atoms with Crippen LogP contribution in [-0.4, -0.2) is 47.9 Å². The van der Waals surface area contributed by atoms with E-state index in [1.165, 1.54) is 5.56 Å². The molecular formula is C39H44N2Na2O9S3. The molecule has 0 aromatic heterocycles. The van der Waals surface area contributed by atoms with Crippen molar-refractivity contribution in [1.82, 2.24) is 0 Å². The van der Waals surface area contributed by atoms with Crippen molar-refractivity contribution in [2.24, 2.45) is 0 Å². The van der Waals surface area contributed by atoms with E-state index in [9.17, 15) is 23.5 Å². The molecule has 0 N–H and O–H groups in total. The first kappa shape index (κ1) is 48.1. The van der Waals surface area contributed by atoms with Gasteiger partial charge in [-0.25, -0.2) is 8.42 Å². The van der Waals surface area contributed by atoms with Crippen molar-refractivity contribution >= 4 is 62.1 Å². The van der Waals surface area contributed by atoms with Crippen LogP contribution < -0.4 is 74.5 Å². The number of para-hydroxylation sites is 1. The van der Waals surface area contributed by atoms with Gasteiger partial charge in [-0.1, -0.05) is 68.0 Å². The summed E-state index contributed by atoms with van der Waals surface area (Å²) in [7, 11) is -4.30. The molecule has 2 heterocycles. The van der Waals surface area contributed by atoms with E-state index in [1.807, 2.05) is 49.4 Å². The molecule has 3 aromatic carbocycles. The number of unbranched alkanes of at least 4 members (excludes halogenated alkanes) is 1. The summed E-state index contributed by atoms with van der Waals surface area (Å²) in [5.74, 6) is 0.219. The number of hydrogen-bond donors (Lipinski definition) is 0. The monoisotopic (exact) mass is 826 g/mol. The summed E-state index contributed by atoms with van der Waals surface area (Å²) in [4.78, 5) is 2.87. The molecule has 0 amide bonds. The van der Waals surface area contributed by atoms with Crippen LogP contribution in [0, 0.1) is 0 Å². The van der Waals surface area contributed by atoms with Gasteiger partial charge in [-0.15, -0.1) is 0 Å². The van der Waals surface area contributed by atoms with E-state index in [2.05, 4.69) is 104 Å². The molecule has 0 unspecified atom stereocenters. The van der Waals surface area contributed by atoms with E-state index < -0.39 is 15.9 Å². The molecule has 0 saturated heterocycles. The molecule has 0 radical (unpaired) electrons. The molecule has 11 nitrogen and oxygen atoms in total. The van der Waals surface area contributed by atoms with E-state index in [-0.39, 0.29) is 76.4 Å². The zero-order valence-electron chi connectivity index (χ0n) is 32.4. The Labute approximate surface area is 377 Å². The molecule has 2 aliphatic rings. The molecule has 2 aliphatic heterocycles. The summed E-state index contributed by atoms with van der Waals surface area (Å²) in [6.45, 7) is 12.0. The Kier molecular flexibility index (Phi) is 18.9. The third-order valence-electron chi connectivity index (χ3n) is 9.71. The average Bonchev–Trinajstić information content (AvgIpc) is 3.46. The normalized spacial score (nSPS) is 17.0. The maximum atomic E-state index is 11.3. The van der Waals surface area contributed by atoms with Crippen LogP contribution in [-0.2, 0) is 39.7 Å². The molecule has 16 heteroatoms. The molecule has 0 saturated carbocycles. The Morgan fingerprint density at radius 2 is 1.67 bits per heavy atom. The Morgan fingerprint density at radius 1 is 0.927 bits per heavy atom. The average molecular weight is 827 g/mol. The predicted molar refractivity (Wildman–Crippen MR) is 205 cm³/mol. The Bertz CT molecular complexity index is 2070. The second kappa shape index (κ2) is 21.6. The molecule has 3 aromatic rings. The zero-order valence-corrected chi connectivity index (χ0v) is 38.9. The zero-order chi connectivity index (χ0) is 38.2. The standard InChI is InChI=1S/C39H46N2O9S3.2Na/c1-28(13-10-17-35-38(2,3)32-15-6-7-16-33(32)40(35)24-12-26-53(44,45)46)14-11-18-36-39(4,5)37-31-21-20-30(52-50-48-43)27-29(31)19-22-34(37)41(36)23-8-9-25-51-49-47-42;;/h6-7,10-11,13-22,27H,8-9,12,23-26H2,1-5H3,(H2-,42,43,44,45,46);;/q;2*+1/p-2. The second-order valence-corrected chi connectivity index (χ2v) is 17.1. The summed E-state index contributed by atoms with van der Waals surface area (Å²) in [6, 6.07) is 18.2. The van der Waals surface area contributed by atoms with Gasteiger partial charge in [-0.2, -0.15) is 13.2 Å². The van der Waals surface area contributed by atoms with Gasteiger partial charge >= 0.3 is 59.1 Å². The largest absolute Gasteiger partial charge is 1.00 e. The first-order chi connectivity index (χ1) is 25.3. The maximum Gasteiger partial charge on any atom is 1.00 e. The van der Waals surface area contributed by atoms with Gasteiger partial charge < -0.3 is 20.0 Å². The van der Waals surface area contributed by atoms with E-state index in [0.29, 0.717) is 12.3 Å². The summed E-state index contributed by atoms with van der Waals surface area (Å²) in [6.07, 6.45) is 14.4. The van der Waals surface area contributed by atoms with Crippen LogP contribution in [0.5, 0.6) is 0 Å². The quantitative estimate of drug-likeness (QED) is 0.0261. The number of allylic oxidation sites excluding steroid dienone is 8. The molecule has 0 fully saturated rings. The van der Waals surface area contributed by atoms with E-state index in [1.54, 1.807) is 0 Å². The fraction of sp³-hybridized carbons (Fsp3) is 0.359. The summed E-state index contributed by atoms with van der Waals surface area (Å²) >= 11 is 1.86. The van der Waals surface area contributed by atoms with Crippen molar-refractivity contribution in [3.63, 3.8) is 0 Å². The minimum absolute atomic E-state index is 0. The first-order valence-electron chi connectivity index (χ1n) is 17.3. The summed E-state index contributed by atoms with van der Waals surface area (Å²) in [5.41, 5.74) is 7.06. The third-order valence-corrected chi connectivity index (χ3v) is 11.7. The Balaban J connectivity index is 0.00000406. The number of anilines is 1. The number of rotatable bonds is 18. The van der Waals surface area contributed by atoms with Crippen LogP contribution in [0.1, 0.15) is 65.0 Å². The van der Waals surface area contributed by atoms with Gasteiger partial charge in [0.25, 0.3) is 0 Å². The fourth-order valence-electron chi connectivity index (χ4n) is 7.32. The van der Waals surface area contributed by atoms with Crippen LogP contribution in [0.2, 0.25) is 0 Å². The summed E-state index contributed by atoms with van der Waals surface area (Å²) in [5, 5.41) is 29.7. The van der Waals surface area contributed by atoms with Crippen LogP contribution in [0.15, 0.2) is 107 Å². The first-order valence-corrected chi connectivity index (χ1v) is 20.5. The molecule has 5 rings (SSSR count). The van der Waals surface area contributed by atoms with Crippen molar-refractivity contribution in [3.8, 4) is 0 Å². The molecular weight excluding hydrogens is 783 g/mol. The van der Waals surface area contributed by atoms with Crippen molar-refractivity contribution in [3.05, 3.63) is 113 Å². The third kappa shape index (κ3) is 11.9. The SMILES string of the molecule is CC(/C=C/C=C1/N(CCCS(=O)(=O)[O-])c2ccccc2C1(C)C)=C\C=C\C1=[N+](CCCCSOO[O-])c2ccc3cc(SOO[O-])ccc3c2C1(C)C.[Na+].[Na+]. The number of hydrogen-bond acceptors (Lipinski definition) is 12. The number of fused-ring (bicyclic) bond motifs is 4. The fourth-order valence-corrected chi connectivity index (χ4v) is 8.64. The van der Waals surface area contributed by atoms with Gasteiger partial charge in [0, 0.05) is 75.9 Å². The van der Waals surface area contributed by atoms with Crippen LogP contribution in [0.4, 0.5) is 11.4 Å². The molecule has 0 bridgehead atoms.